The molecule has 0 saturated carbocycles. The minimum atomic E-state index is 0.0413. The van der Waals surface area contributed by atoms with Gasteiger partial charge in [-0.05, 0) is 34.7 Å². The number of fused-ring (bicyclic) bond motifs is 1. The Morgan fingerprint density at radius 2 is 1.50 bits per heavy atom. The molecular weight excluding hydrogens is 450 g/mol. The lowest BCUT2D eigenvalue weighted by molar-refractivity contribution is 0.0626. The molecule has 5 aromatic rings. The number of carbonyl (C=O) groups is 1. The van der Waals surface area contributed by atoms with Crippen LogP contribution in [0.25, 0.3) is 27.8 Å². The van der Waals surface area contributed by atoms with Gasteiger partial charge in [-0.15, -0.1) is 5.10 Å². The first-order chi connectivity index (χ1) is 17.8. The van der Waals surface area contributed by atoms with Crippen LogP contribution >= 0.6 is 0 Å². The van der Waals surface area contributed by atoms with Crippen molar-refractivity contribution >= 4 is 16.8 Å². The van der Waals surface area contributed by atoms with Gasteiger partial charge in [0.25, 0.3) is 5.91 Å². The van der Waals surface area contributed by atoms with E-state index in [0.29, 0.717) is 25.2 Å². The fourth-order valence-electron chi connectivity index (χ4n) is 4.66. The molecule has 0 N–H and O–H groups in total. The predicted octanol–water partition coefficient (Wildman–Crippen LogP) is 3.84. The summed E-state index contributed by atoms with van der Waals surface area (Å²) in [4.78, 5) is 22.7. The summed E-state index contributed by atoms with van der Waals surface area (Å²) in [6.45, 7) is 3.41. The molecule has 6 rings (SSSR count). The largest absolute Gasteiger partial charge is 0.336 e. The van der Waals surface area contributed by atoms with E-state index in [0.717, 1.165) is 46.8 Å². The molecule has 3 aromatic carbocycles. The molecule has 1 saturated heterocycles. The van der Waals surface area contributed by atoms with E-state index < -0.39 is 0 Å². The summed E-state index contributed by atoms with van der Waals surface area (Å²) >= 11 is 0. The number of benzene rings is 3. The average molecular weight is 476 g/mol. The topological polar surface area (TPSA) is 80.0 Å². The van der Waals surface area contributed by atoms with Gasteiger partial charge in [-0.2, -0.15) is 4.68 Å². The minimum absolute atomic E-state index is 0.0413. The van der Waals surface area contributed by atoms with E-state index in [4.69, 9.17) is 4.98 Å². The van der Waals surface area contributed by atoms with Crippen molar-refractivity contribution < 1.29 is 4.79 Å². The second kappa shape index (κ2) is 9.67. The number of rotatable bonds is 5. The molecule has 178 valence electrons. The van der Waals surface area contributed by atoms with Crippen LogP contribution in [-0.4, -0.2) is 67.1 Å². The predicted molar refractivity (Wildman–Crippen MR) is 138 cm³/mol. The molecule has 1 aliphatic heterocycles. The van der Waals surface area contributed by atoms with E-state index in [1.807, 2.05) is 95.9 Å². The van der Waals surface area contributed by atoms with Crippen LogP contribution in [0.2, 0.25) is 0 Å². The Morgan fingerprint density at radius 1 is 0.806 bits per heavy atom. The van der Waals surface area contributed by atoms with Crippen molar-refractivity contribution in [2.24, 2.45) is 0 Å². The van der Waals surface area contributed by atoms with E-state index in [1.54, 1.807) is 4.68 Å². The second-order valence-electron chi connectivity index (χ2n) is 8.85. The van der Waals surface area contributed by atoms with Gasteiger partial charge in [0.05, 0.1) is 29.0 Å². The molecule has 8 heteroatoms. The molecule has 1 fully saturated rings. The maximum atomic E-state index is 13.7. The van der Waals surface area contributed by atoms with E-state index >= 15 is 0 Å². The van der Waals surface area contributed by atoms with Gasteiger partial charge in [-0.3, -0.25) is 9.69 Å². The number of aromatic nitrogens is 5. The zero-order chi connectivity index (χ0) is 24.3. The number of hydrogen-bond donors (Lipinski definition) is 0. The normalized spacial score (nSPS) is 14.3. The molecule has 1 amide bonds. The van der Waals surface area contributed by atoms with Crippen LogP contribution in [0, 0.1) is 0 Å². The number of para-hydroxylation sites is 2. The van der Waals surface area contributed by atoms with E-state index in [2.05, 4.69) is 20.4 Å². The lowest BCUT2D eigenvalue weighted by atomic mass is 10.0. The van der Waals surface area contributed by atoms with Crippen molar-refractivity contribution in [3.8, 4) is 16.9 Å². The Bertz CT molecular complexity index is 1490. The summed E-state index contributed by atoms with van der Waals surface area (Å²) in [7, 11) is 0. The second-order valence-corrected chi connectivity index (χ2v) is 8.85. The molecule has 8 nitrogen and oxygen atoms in total. The molecule has 0 radical (unpaired) electrons. The Morgan fingerprint density at radius 3 is 2.28 bits per heavy atom. The lowest BCUT2D eigenvalue weighted by Gasteiger charge is -2.34. The Hall–Kier alpha value is -4.43. The van der Waals surface area contributed by atoms with Gasteiger partial charge in [0, 0.05) is 37.1 Å². The molecular formula is C28H25N7O. The Labute approximate surface area is 208 Å². The standard InChI is InChI=1S/C28H25N7O/c36-28(24-19-26(21-9-3-1-4-10-21)29-25-14-8-7-13-23(24)25)34-17-15-33(16-18-34)20-27-30-31-32-35(27)22-11-5-2-6-12-22/h1-14,19H,15-18,20H2. The monoisotopic (exact) mass is 475 g/mol. The van der Waals surface area contributed by atoms with Crippen molar-refractivity contribution in [3.05, 3.63) is 102 Å². The van der Waals surface area contributed by atoms with Gasteiger partial charge in [-0.1, -0.05) is 66.7 Å². The highest BCUT2D eigenvalue weighted by atomic mass is 16.2. The van der Waals surface area contributed by atoms with Crippen molar-refractivity contribution in [1.29, 1.82) is 0 Å². The molecule has 0 atom stereocenters. The van der Waals surface area contributed by atoms with Crippen LogP contribution < -0.4 is 0 Å². The highest BCUT2D eigenvalue weighted by Gasteiger charge is 2.25. The number of pyridine rings is 1. The van der Waals surface area contributed by atoms with Gasteiger partial charge < -0.3 is 4.90 Å². The summed E-state index contributed by atoms with van der Waals surface area (Å²) < 4.78 is 1.77. The summed E-state index contributed by atoms with van der Waals surface area (Å²) in [5, 5.41) is 13.1. The number of carbonyl (C=O) groups excluding carboxylic acids is 1. The Kier molecular flexibility index (Phi) is 5.93. The van der Waals surface area contributed by atoms with Crippen molar-refractivity contribution in [2.75, 3.05) is 26.2 Å². The van der Waals surface area contributed by atoms with Crippen LogP contribution in [0.4, 0.5) is 0 Å². The summed E-state index contributed by atoms with van der Waals surface area (Å²) in [6.07, 6.45) is 0. The van der Waals surface area contributed by atoms with Crippen molar-refractivity contribution in [2.45, 2.75) is 6.54 Å². The molecule has 0 spiro atoms. The van der Waals surface area contributed by atoms with Gasteiger partial charge in [0.2, 0.25) is 0 Å². The van der Waals surface area contributed by atoms with Gasteiger partial charge in [0.1, 0.15) is 0 Å². The van der Waals surface area contributed by atoms with Gasteiger partial charge in [0.15, 0.2) is 5.82 Å². The highest BCUT2D eigenvalue weighted by molar-refractivity contribution is 6.07. The van der Waals surface area contributed by atoms with E-state index in [9.17, 15) is 4.79 Å². The van der Waals surface area contributed by atoms with Crippen molar-refractivity contribution in [3.63, 3.8) is 0 Å². The molecule has 36 heavy (non-hydrogen) atoms. The minimum Gasteiger partial charge on any atom is -0.336 e. The zero-order valence-corrected chi connectivity index (χ0v) is 19.7. The zero-order valence-electron chi connectivity index (χ0n) is 19.7. The van der Waals surface area contributed by atoms with Crippen LogP contribution in [0.15, 0.2) is 91.0 Å². The van der Waals surface area contributed by atoms with Gasteiger partial charge in [-0.25, -0.2) is 4.98 Å². The first kappa shape index (κ1) is 22.1. The third-order valence-electron chi connectivity index (χ3n) is 6.58. The lowest BCUT2D eigenvalue weighted by Crippen LogP contribution is -2.48. The number of amides is 1. The summed E-state index contributed by atoms with van der Waals surface area (Å²) in [5.41, 5.74) is 4.27. The molecule has 3 heterocycles. The molecule has 0 bridgehead atoms. The van der Waals surface area contributed by atoms with Crippen molar-refractivity contribution in [1.82, 2.24) is 35.0 Å². The average Bonchev–Trinajstić information content (AvgIpc) is 3.41. The highest BCUT2D eigenvalue weighted by Crippen LogP contribution is 2.26. The van der Waals surface area contributed by atoms with Crippen LogP contribution in [0.5, 0.6) is 0 Å². The van der Waals surface area contributed by atoms with Gasteiger partial charge >= 0.3 is 0 Å². The van der Waals surface area contributed by atoms with E-state index in [1.165, 1.54) is 0 Å². The SMILES string of the molecule is O=C(c1cc(-c2ccccc2)nc2ccccc12)N1CCN(Cc2nnnn2-c2ccccc2)CC1. The smallest absolute Gasteiger partial charge is 0.254 e. The number of piperazine rings is 1. The fraction of sp³-hybridized carbons (Fsp3) is 0.179. The van der Waals surface area contributed by atoms with E-state index in [-0.39, 0.29) is 5.91 Å². The molecule has 0 aliphatic carbocycles. The number of tetrazole rings is 1. The molecule has 0 unspecified atom stereocenters. The summed E-state index contributed by atoms with van der Waals surface area (Å²) in [6, 6.07) is 29.7. The first-order valence-electron chi connectivity index (χ1n) is 12.1. The van der Waals surface area contributed by atoms with Crippen LogP contribution in [-0.2, 0) is 6.54 Å². The maximum absolute atomic E-state index is 13.7. The summed E-state index contributed by atoms with van der Waals surface area (Å²) in [5.74, 6) is 0.827. The third kappa shape index (κ3) is 4.34. The number of nitrogens with zero attached hydrogens (tertiary/aromatic N) is 7. The fourth-order valence-corrected chi connectivity index (χ4v) is 4.66. The third-order valence-corrected chi connectivity index (χ3v) is 6.58. The quantitative estimate of drug-likeness (QED) is 0.384. The molecule has 2 aromatic heterocycles. The first-order valence-corrected chi connectivity index (χ1v) is 12.1. The Balaban J connectivity index is 1.20. The number of hydrogen-bond acceptors (Lipinski definition) is 6. The van der Waals surface area contributed by atoms with Crippen LogP contribution in [0.1, 0.15) is 16.2 Å². The van der Waals surface area contributed by atoms with Crippen LogP contribution in [0.3, 0.4) is 0 Å². The maximum Gasteiger partial charge on any atom is 0.254 e. The molecule has 1 aliphatic rings.